The number of aldehydes is 1. The van der Waals surface area contributed by atoms with Gasteiger partial charge in [0.1, 0.15) is 12.0 Å². The van der Waals surface area contributed by atoms with E-state index in [2.05, 4.69) is 40.1 Å². The minimum atomic E-state index is -0.329. The fourth-order valence-corrected chi connectivity index (χ4v) is 7.04. The summed E-state index contributed by atoms with van der Waals surface area (Å²) < 4.78 is 16.1. The maximum Gasteiger partial charge on any atom is 0.239 e. The van der Waals surface area contributed by atoms with Crippen LogP contribution in [0.1, 0.15) is 56.5 Å². The zero-order valence-electron chi connectivity index (χ0n) is 34.4. The molecular formula is C44H61N5O7. The molecule has 2 aliphatic heterocycles. The predicted octanol–water partition coefficient (Wildman–Crippen LogP) is 5.99. The lowest BCUT2D eigenvalue weighted by molar-refractivity contribution is -0.139. The summed E-state index contributed by atoms with van der Waals surface area (Å²) in [6.07, 6.45) is 13.4. The molecule has 12 heteroatoms. The third-order valence-corrected chi connectivity index (χ3v) is 9.76. The van der Waals surface area contributed by atoms with Crippen molar-refractivity contribution in [3.63, 3.8) is 0 Å². The number of aromatic amines is 1. The van der Waals surface area contributed by atoms with Crippen LogP contribution in [0, 0.1) is 17.8 Å². The van der Waals surface area contributed by atoms with Crippen molar-refractivity contribution in [3.8, 4) is 17.2 Å². The van der Waals surface area contributed by atoms with Crippen molar-refractivity contribution >= 4 is 34.9 Å². The number of hydrogen-bond donors (Lipinski definition) is 3. The molecule has 3 aromatic rings. The Labute approximate surface area is 332 Å². The van der Waals surface area contributed by atoms with E-state index in [1.807, 2.05) is 75.3 Å². The number of aromatic nitrogens is 1. The molecule has 2 saturated heterocycles. The van der Waals surface area contributed by atoms with Crippen molar-refractivity contribution in [2.75, 3.05) is 61.0 Å². The van der Waals surface area contributed by atoms with E-state index in [9.17, 15) is 19.2 Å². The van der Waals surface area contributed by atoms with Gasteiger partial charge in [-0.05, 0) is 87.5 Å². The molecule has 0 saturated carbocycles. The molecule has 0 radical (unpaired) electrons. The monoisotopic (exact) mass is 771 g/mol. The number of fused-ring (bicyclic) bond motifs is 2. The van der Waals surface area contributed by atoms with Crippen LogP contribution in [0.2, 0.25) is 0 Å². The first-order valence-electron chi connectivity index (χ1n) is 19.2. The van der Waals surface area contributed by atoms with Crippen LogP contribution >= 0.6 is 0 Å². The summed E-state index contributed by atoms with van der Waals surface area (Å²) >= 11 is 0. The number of allylic oxidation sites excluding steroid dienone is 5. The normalized spacial score (nSPS) is 17.9. The number of likely N-dealkylation sites (tertiary alicyclic amines) is 2. The largest absolute Gasteiger partial charge is 0.496 e. The standard InChI is InChI=1S/C23H31N5O4.C11H14O3.C10H16/c1-24-20(29)9-26-23(31)17-13-28(11-15-10-27(2)12-16(15)17)21(30)7-14-8-25-18-5-4-6-19(32-3)22(14)18;1-8(2)14-10-5-4-9(7-12)6-11(10)13-3;1-4-7-9-10(6-3)8-5-2/h4-6,8,15-17,25H,7,9-13H2,1-3H3,(H,24,29)(H,26,31);4-8H,1-3H3;4,6-7,9H,3,5,8H2,1-2H3/b;;7-4-,10-9+. The Kier molecular flexibility index (Phi) is 18.4. The smallest absolute Gasteiger partial charge is 0.239 e. The average Bonchev–Trinajstić information content (AvgIpc) is 3.80. The molecule has 2 fully saturated rings. The summed E-state index contributed by atoms with van der Waals surface area (Å²) in [7, 11) is 6.76. The summed E-state index contributed by atoms with van der Waals surface area (Å²) in [6, 6.07) is 10.8. The lowest BCUT2D eigenvalue weighted by Crippen LogP contribution is -2.54. The highest BCUT2D eigenvalue weighted by molar-refractivity contribution is 5.93. The lowest BCUT2D eigenvalue weighted by atomic mass is 9.79. The SMILES string of the molecule is C=C/C(=C\C=C/C)CCC.CNC(=O)CNC(=O)C1CN(C(=O)Cc2c[nH]c3cccc(OC)c23)CC2CN(C)CC21.COc1cc(C=O)ccc1OC(C)C. The molecule has 0 aliphatic carbocycles. The highest BCUT2D eigenvalue weighted by atomic mass is 16.5. The van der Waals surface area contributed by atoms with Crippen molar-refractivity contribution < 1.29 is 33.4 Å². The Balaban J connectivity index is 0.000000288. The molecular weight excluding hydrogens is 711 g/mol. The van der Waals surface area contributed by atoms with E-state index < -0.39 is 0 Å². The highest BCUT2D eigenvalue weighted by Gasteiger charge is 2.45. The fourth-order valence-electron chi connectivity index (χ4n) is 7.04. The molecule has 3 heterocycles. The average molecular weight is 772 g/mol. The molecule has 3 atom stereocenters. The third-order valence-electron chi connectivity index (χ3n) is 9.76. The number of hydrogen-bond acceptors (Lipinski definition) is 8. The molecule has 3 amide bonds. The summed E-state index contributed by atoms with van der Waals surface area (Å²) in [5.74, 6) is 1.66. The van der Waals surface area contributed by atoms with E-state index in [0.717, 1.165) is 48.0 Å². The number of H-pyrrole nitrogens is 1. The number of carbonyl (C=O) groups is 4. The van der Waals surface area contributed by atoms with Gasteiger partial charge in [-0.2, -0.15) is 0 Å². The maximum absolute atomic E-state index is 13.3. The summed E-state index contributed by atoms with van der Waals surface area (Å²) in [5, 5.41) is 6.17. The molecule has 12 nitrogen and oxygen atoms in total. The molecule has 3 unspecified atom stereocenters. The van der Waals surface area contributed by atoms with Crippen molar-refractivity contribution in [3.05, 3.63) is 90.2 Å². The van der Waals surface area contributed by atoms with Crippen molar-refractivity contribution in [2.45, 2.75) is 53.1 Å². The van der Waals surface area contributed by atoms with Crippen molar-refractivity contribution in [1.29, 1.82) is 0 Å². The topological polar surface area (TPSA) is 142 Å². The Morgan fingerprint density at radius 1 is 1.04 bits per heavy atom. The number of amides is 3. The van der Waals surface area contributed by atoms with E-state index in [1.54, 1.807) is 32.4 Å². The zero-order chi connectivity index (χ0) is 41.2. The third kappa shape index (κ3) is 12.9. The number of methoxy groups -OCH3 is 2. The van der Waals surface area contributed by atoms with Crippen LogP contribution in [0.25, 0.3) is 10.9 Å². The van der Waals surface area contributed by atoms with Gasteiger partial charge in [0.25, 0.3) is 0 Å². The quantitative estimate of drug-likeness (QED) is 0.134. The van der Waals surface area contributed by atoms with Crippen LogP contribution in [-0.4, -0.2) is 106 Å². The number of ether oxygens (including phenoxy) is 3. The maximum atomic E-state index is 13.3. The van der Waals surface area contributed by atoms with Crippen molar-refractivity contribution in [2.24, 2.45) is 17.8 Å². The first kappa shape index (κ1) is 45.0. The second kappa shape index (κ2) is 22.9. The number of nitrogens with one attached hydrogen (secondary N) is 3. The van der Waals surface area contributed by atoms with Gasteiger partial charge in [0.05, 0.1) is 39.2 Å². The molecule has 3 N–H and O–H groups in total. The Hall–Kier alpha value is -5.36. The van der Waals surface area contributed by atoms with E-state index in [1.165, 1.54) is 19.0 Å². The van der Waals surface area contributed by atoms with Crippen LogP contribution in [0.4, 0.5) is 0 Å². The molecule has 56 heavy (non-hydrogen) atoms. The van der Waals surface area contributed by atoms with E-state index in [0.29, 0.717) is 30.2 Å². The van der Waals surface area contributed by atoms with Gasteiger partial charge in [-0.15, -0.1) is 0 Å². The number of rotatable bonds is 14. The molecule has 2 aromatic carbocycles. The van der Waals surface area contributed by atoms with Crippen LogP contribution in [0.5, 0.6) is 17.2 Å². The molecule has 2 aliphatic rings. The minimum Gasteiger partial charge on any atom is -0.496 e. The van der Waals surface area contributed by atoms with Gasteiger partial charge in [-0.1, -0.05) is 50.3 Å². The van der Waals surface area contributed by atoms with Crippen molar-refractivity contribution in [1.82, 2.24) is 25.4 Å². The Bertz CT molecular complexity index is 1830. The molecule has 1 aromatic heterocycles. The number of carbonyl (C=O) groups excluding carboxylic acids is 4. The van der Waals surface area contributed by atoms with Gasteiger partial charge in [-0.3, -0.25) is 19.2 Å². The van der Waals surface area contributed by atoms with Crippen LogP contribution in [-0.2, 0) is 20.8 Å². The second-order valence-electron chi connectivity index (χ2n) is 14.2. The first-order valence-corrected chi connectivity index (χ1v) is 19.2. The van der Waals surface area contributed by atoms with Crippen LogP contribution in [0.3, 0.4) is 0 Å². The van der Waals surface area contributed by atoms with Gasteiger partial charge in [0, 0.05) is 55.9 Å². The van der Waals surface area contributed by atoms with Gasteiger partial charge >= 0.3 is 0 Å². The van der Waals surface area contributed by atoms with Gasteiger partial charge in [0.2, 0.25) is 17.7 Å². The van der Waals surface area contributed by atoms with Gasteiger partial charge in [-0.25, -0.2) is 0 Å². The number of piperidine rings is 1. The second-order valence-corrected chi connectivity index (χ2v) is 14.2. The summed E-state index contributed by atoms with van der Waals surface area (Å²) in [4.78, 5) is 55.6. The van der Waals surface area contributed by atoms with Crippen LogP contribution < -0.4 is 24.8 Å². The fraction of sp³-hybridized carbons (Fsp3) is 0.455. The van der Waals surface area contributed by atoms with Gasteiger partial charge in [0.15, 0.2) is 11.5 Å². The number of likely N-dealkylation sites (N-methyl/N-ethyl adjacent to an activating group) is 1. The minimum absolute atomic E-state index is 0.00564. The molecule has 0 bridgehead atoms. The zero-order valence-corrected chi connectivity index (χ0v) is 34.4. The predicted molar refractivity (Wildman–Crippen MR) is 222 cm³/mol. The Morgan fingerprint density at radius 3 is 2.41 bits per heavy atom. The number of nitrogens with zero attached hydrogens (tertiary/aromatic N) is 2. The molecule has 304 valence electrons. The van der Waals surface area contributed by atoms with E-state index in [-0.39, 0.29) is 54.5 Å². The van der Waals surface area contributed by atoms with Crippen LogP contribution in [0.15, 0.2) is 79.1 Å². The number of benzene rings is 2. The van der Waals surface area contributed by atoms with E-state index in [4.69, 9.17) is 14.2 Å². The highest BCUT2D eigenvalue weighted by Crippen LogP contribution is 2.36. The van der Waals surface area contributed by atoms with E-state index >= 15 is 0 Å². The first-order chi connectivity index (χ1) is 26.9. The lowest BCUT2D eigenvalue weighted by Gasteiger charge is -2.39. The summed E-state index contributed by atoms with van der Waals surface area (Å²) in [6.45, 7) is 14.4. The Morgan fingerprint density at radius 2 is 1.79 bits per heavy atom. The molecule has 0 spiro atoms. The van der Waals surface area contributed by atoms with Gasteiger partial charge < -0.3 is 39.6 Å². The summed E-state index contributed by atoms with van der Waals surface area (Å²) in [5.41, 5.74) is 3.71. The molecule has 5 rings (SSSR count).